The number of para-hydroxylation sites is 2. The van der Waals surface area contributed by atoms with Gasteiger partial charge >= 0.3 is 12.4 Å². The van der Waals surface area contributed by atoms with Gasteiger partial charge in [0.05, 0.1) is 21.4 Å². The van der Waals surface area contributed by atoms with Crippen LogP contribution < -0.4 is 16.0 Å². The van der Waals surface area contributed by atoms with Crippen molar-refractivity contribution in [2.75, 3.05) is 16.0 Å². The predicted octanol–water partition coefficient (Wildman–Crippen LogP) is 12.0. The molecule has 0 radical (unpaired) electrons. The van der Waals surface area contributed by atoms with Gasteiger partial charge in [0.15, 0.2) is 11.4 Å². The molecule has 0 spiro atoms. The van der Waals surface area contributed by atoms with Crippen molar-refractivity contribution in [1.29, 1.82) is 0 Å². The number of halogens is 9. The monoisotopic (exact) mass is 941 g/mol. The van der Waals surface area contributed by atoms with E-state index in [0.717, 1.165) is 25.0 Å². The fourth-order valence-electron chi connectivity index (χ4n) is 5.60. The summed E-state index contributed by atoms with van der Waals surface area (Å²) in [5.74, 6) is -1.69. The predicted molar refractivity (Wildman–Crippen MR) is 223 cm³/mol. The van der Waals surface area contributed by atoms with Crippen molar-refractivity contribution >= 4 is 73.9 Å². The van der Waals surface area contributed by atoms with Gasteiger partial charge < -0.3 is 16.0 Å². The number of nitrogens with one attached hydrogen (secondary N) is 3. The number of rotatable bonds is 8. The number of nitrogens with zero attached hydrogens (tertiary/aromatic N) is 4. The Morgan fingerprint density at radius 1 is 0.541 bits per heavy atom. The van der Waals surface area contributed by atoms with Crippen LogP contribution >= 0.6 is 39.1 Å². The molecule has 2 heterocycles. The van der Waals surface area contributed by atoms with Gasteiger partial charge in [0.25, 0.3) is 11.8 Å². The minimum absolute atomic E-state index is 0.146. The van der Waals surface area contributed by atoms with Crippen molar-refractivity contribution in [3.05, 3.63) is 171 Å². The van der Waals surface area contributed by atoms with Crippen LogP contribution in [0.3, 0.4) is 0 Å². The molecule has 0 bridgehead atoms. The number of amides is 3. The molecule has 0 fully saturated rings. The molecule has 312 valence electrons. The van der Waals surface area contributed by atoms with Crippen LogP contribution in [-0.4, -0.2) is 37.3 Å². The largest absolute Gasteiger partial charge is 0.435 e. The molecule has 5 aromatic carbocycles. The summed E-state index contributed by atoms with van der Waals surface area (Å²) in [6, 6.07) is 34.3. The first kappa shape index (κ1) is 44.1. The van der Waals surface area contributed by atoms with Crippen LogP contribution in [0.5, 0.6) is 0 Å². The number of benzene rings is 5. The van der Waals surface area contributed by atoms with Crippen LogP contribution in [0.1, 0.15) is 39.3 Å². The molecule has 61 heavy (non-hydrogen) atoms. The Labute approximate surface area is 361 Å². The van der Waals surface area contributed by atoms with E-state index in [1.807, 2.05) is 12.1 Å². The van der Waals surface area contributed by atoms with Crippen LogP contribution in [0.25, 0.3) is 22.5 Å². The topological polar surface area (TPSA) is 123 Å². The fourth-order valence-corrected chi connectivity index (χ4v) is 6.29. The normalized spacial score (nSPS) is 11.3. The minimum Gasteiger partial charge on any atom is -0.326 e. The zero-order valence-corrected chi connectivity index (χ0v) is 34.2. The summed E-state index contributed by atoms with van der Waals surface area (Å²) in [4.78, 5) is 36.6. The lowest BCUT2D eigenvalue weighted by Crippen LogP contribution is -2.17. The number of anilines is 3. The van der Waals surface area contributed by atoms with Crippen molar-refractivity contribution in [1.82, 2.24) is 19.6 Å². The number of carbonyl (C=O) groups is 3. The van der Waals surface area contributed by atoms with Gasteiger partial charge in [-0.3, -0.25) is 14.4 Å². The Balaban J connectivity index is 0.000000213. The van der Waals surface area contributed by atoms with Crippen molar-refractivity contribution in [3.63, 3.8) is 0 Å². The van der Waals surface area contributed by atoms with E-state index in [0.29, 0.717) is 29.2 Å². The Bertz CT molecular complexity index is 2700. The van der Waals surface area contributed by atoms with Gasteiger partial charge in [0, 0.05) is 40.6 Å². The van der Waals surface area contributed by atoms with Crippen LogP contribution in [0, 0.1) is 0 Å². The molecule has 19 heteroatoms. The second-order valence-corrected chi connectivity index (χ2v) is 14.5. The van der Waals surface area contributed by atoms with Gasteiger partial charge in [-0.25, -0.2) is 9.36 Å². The summed E-state index contributed by atoms with van der Waals surface area (Å²) in [5.41, 5.74) is 0.529. The standard InChI is InChI=1S/C25H18ClF3N4O2.C17H10BrClF3N3O/c1-15(34)30-18-10-6-16(7-11-18)17-8-12-19(13-9-17)31-24(35)22-14-23(25(27,28)29)32-33(22)21-5-3-2-4-20(21)26;18-10-5-7-11(8-6-10)23-16(26)14-9-15(17(20,21)22)24-25(14)13-4-2-1-3-12(13)19/h2-14H,1H3,(H,30,34)(H,31,35);1-9H,(H,23,26). The van der Waals surface area contributed by atoms with E-state index in [-0.39, 0.29) is 38.7 Å². The van der Waals surface area contributed by atoms with Crippen LogP contribution in [0.15, 0.2) is 138 Å². The maximum absolute atomic E-state index is 13.3. The lowest BCUT2D eigenvalue weighted by molar-refractivity contribution is -0.142. The fraction of sp³-hybridized carbons (Fsp3) is 0.0714. The lowest BCUT2D eigenvalue weighted by Gasteiger charge is -2.10. The highest BCUT2D eigenvalue weighted by molar-refractivity contribution is 9.10. The summed E-state index contributed by atoms with van der Waals surface area (Å²) in [6.07, 6.45) is -9.43. The molecule has 2 aromatic heterocycles. The molecular formula is C42H28BrCl2F6N7O3. The number of aromatic nitrogens is 4. The molecule has 10 nitrogen and oxygen atoms in total. The van der Waals surface area contributed by atoms with E-state index >= 15 is 0 Å². The quantitative estimate of drug-likeness (QED) is 0.131. The Morgan fingerprint density at radius 2 is 0.885 bits per heavy atom. The molecule has 3 amide bonds. The first-order valence-corrected chi connectivity index (χ1v) is 19.1. The first-order valence-electron chi connectivity index (χ1n) is 17.6. The molecule has 0 saturated heterocycles. The van der Waals surface area contributed by atoms with E-state index in [9.17, 15) is 40.7 Å². The molecule has 0 aliphatic heterocycles. The number of hydrogen-bond acceptors (Lipinski definition) is 5. The Morgan fingerprint density at radius 3 is 1.23 bits per heavy atom. The first-order chi connectivity index (χ1) is 28.9. The SMILES string of the molecule is CC(=O)Nc1ccc(-c2ccc(NC(=O)c3cc(C(F)(F)F)nn3-c3ccccc3Cl)cc2)cc1.O=C(Nc1ccc(Br)cc1)c1cc(C(F)(F)F)nn1-c1ccccc1Cl. The maximum atomic E-state index is 13.3. The highest BCUT2D eigenvalue weighted by Gasteiger charge is 2.37. The second-order valence-electron chi connectivity index (χ2n) is 12.8. The maximum Gasteiger partial charge on any atom is 0.435 e. The lowest BCUT2D eigenvalue weighted by atomic mass is 10.0. The number of hydrogen-bond donors (Lipinski definition) is 3. The summed E-state index contributed by atoms with van der Waals surface area (Å²) in [5, 5.41) is 15.3. The van der Waals surface area contributed by atoms with Crippen molar-refractivity contribution in [3.8, 4) is 22.5 Å². The van der Waals surface area contributed by atoms with E-state index in [1.54, 1.807) is 84.9 Å². The van der Waals surface area contributed by atoms with Crippen molar-refractivity contribution < 1.29 is 40.7 Å². The smallest absolute Gasteiger partial charge is 0.326 e. The van der Waals surface area contributed by atoms with Gasteiger partial charge in [-0.05, 0) is 83.9 Å². The average molecular weight is 944 g/mol. The van der Waals surface area contributed by atoms with Crippen LogP contribution in [0.4, 0.5) is 43.4 Å². The van der Waals surface area contributed by atoms with Gasteiger partial charge in [0.1, 0.15) is 11.4 Å². The third-order valence-corrected chi connectivity index (χ3v) is 9.58. The Kier molecular flexibility index (Phi) is 13.4. The Hall–Kier alpha value is -6.43. The highest BCUT2D eigenvalue weighted by Crippen LogP contribution is 2.33. The van der Waals surface area contributed by atoms with Gasteiger partial charge in [-0.15, -0.1) is 0 Å². The molecule has 3 N–H and O–H groups in total. The molecule has 0 atom stereocenters. The summed E-state index contributed by atoms with van der Waals surface area (Å²) in [7, 11) is 0. The van der Waals surface area contributed by atoms with E-state index in [4.69, 9.17) is 23.2 Å². The van der Waals surface area contributed by atoms with E-state index < -0.39 is 35.6 Å². The summed E-state index contributed by atoms with van der Waals surface area (Å²) in [6.45, 7) is 1.42. The zero-order valence-electron chi connectivity index (χ0n) is 31.1. The molecule has 0 aliphatic carbocycles. The highest BCUT2D eigenvalue weighted by atomic mass is 79.9. The number of carbonyl (C=O) groups excluding carboxylic acids is 3. The second kappa shape index (κ2) is 18.5. The van der Waals surface area contributed by atoms with E-state index in [1.165, 1.54) is 31.2 Å². The van der Waals surface area contributed by atoms with Crippen molar-refractivity contribution in [2.45, 2.75) is 19.3 Å². The van der Waals surface area contributed by atoms with Crippen LogP contribution in [-0.2, 0) is 17.1 Å². The third kappa shape index (κ3) is 11.0. The van der Waals surface area contributed by atoms with Gasteiger partial charge in [0.2, 0.25) is 5.91 Å². The molecule has 0 aliphatic rings. The zero-order chi connectivity index (χ0) is 44.1. The van der Waals surface area contributed by atoms with Crippen molar-refractivity contribution in [2.24, 2.45) is 0 Å². The van der Waals surface area contributed by atoms with Crippen LogP contribution in [0.2, 0.25) is 10.0 Å². The number of alkyl halides is 6. The summed E-state index contributed by atoms with van der Waals surface area (Å²) >= 11 is 15.5. The third-order valence-electron chi connectivity index (χ3n) is 8.41. The minimum atomic E-state index is -4.74. The molecule has 0 unspecified atom stereocenters. The van der Waals surface area contributed by atoms with E-state index in [2.05, 4.69) is 42.1 Å². The molecule has 7 rings (SSSR count). The van der Waals surface area contributed by atoms with Gasteiger partial charge in [-0.1, -0.05) is 87.7 Å². The van der Waals surface area contributed by atoms with Gasteiger partial charge in [-0.2, -0.15) is 36.5 Å². The molecule has 7 aromatic rings. The molecular weight excluding hydrogens is 915 g/mol. The average Bonchev–Trinajstić information content (AvgIpc) is 3.87. The summed E-state index contributed by atoms with van der Waals surface area (Å²) < 4.78 is 81.8. The molecule has 0 saturated carbocycles.